The van der Waals surface area contributed by atoms with Crippen LogP contribution < -0.4 is 5.32 Å². The highest BCUT2D eigenvalue weighted by Gasteiger charge is 2.27. The minimum absolute atomic E-state index is 0.116. The first kappa shape index (κ1) is 19.3. The van der Waals surface area contributed by atoms with Crippen LogP contribution in [0.4, 0.5) is 0 Å². The lowest BCUT2D eigenvalue weighted by Crippen LogP contribution is -2.37. The molecule has 31 heavy (non-hydrogen) atoms. The maximum absolute atomic E-state index is 12.7. The summed E-state index contributed by atoms with van der Waals surface area (Å²) in [6, 6.07) is 8.04. The zero-order valence-corrected chi connectivity index (χ0v) is 17.4. The van der Waals surface area contributed by atoms with Crippen LogP contribution in [0, 0.1) is 13.8 Å². The van der Waals surface area contributed by atoms with E-state index in [9.17, 15) is 4.79 Å². The smallest absolute Gasteiger partial charge is 0.254 e. The second-order valence-electron chi connectivity index (χ2n) is 7.97. The Morgan fingerprint density at radius 1 is 1.06 bits per heavy atom. The third-order valence-corrected chi connectivity index (χ3v) is 5.82. The number of benzene rings is 1. The molecule has 3 aromatic heterocycles. The monoisotopic (exact) mass is 417 g/mol. The lowest BCUT2D eigenvalue weighted by atomic mass is 9.86. The van der Waals surface area contributed by atoms with Crippen molar-refractivity contribution >= 4 is 16.8 Å². The van der Waals surface area contributed by atoms with Crippen LogP contribution in [-0.2, 0) is 0 Å². The maximum Gasteiger partial charge on any atom is 0.254 e. The molecule has 5 rings (SSSR count). The lowest BCUT2D eigenvalue weighted by Gasteiger charge is -2.27. The molecular formula is C22H23N7O2. The molecule has 9 nitrogen and oxygen atoms in total. The molecule has 0 bridgehead atoms. The van der Waals surface area contributed by atoms with Gasteiger partial charge in [0.15, 0.2) is 0 Å². The predicted molar refractivity (Wildman–Crippen MR) is 113 cm³/mol. The van der Waals surface area contributed by atoms with E-state index >= 15 is 0 Å². The molecule has 0 saturated heterocycles. The Morgan fingerprint density at radius 2 is 1.81 bits per heavy atom. The van der Waals surface area contributed by atoms with Crippen LogP contribution in [0.25, 0.3) is 16.9 Å². The average molecular weight is 417 g/mol. The summed E-state index contributed by atoms with van der Waals surface area (Å²) in [5, 5.41) is 16.7. The third-order valence-electron chi connectivity index (χ3n) is 5.82. The van der Waals surface area contributed by atoms with Crippen molar-refractivity contribution in [2.24, 2.45) is 0 Å². The predicted octanol–water partition coefficient (Wildman–Crippen LogP) is 3.27. The van der Waals surface area contributed by atoms with Gasteiger partial charge in [-0.2, -0.15) is 9.78 Å². The van der Waals surface area contributed by atoms with Crippen LogP contribution in [0.15, 0.2) is 41.1 Å². The molecule has 9 heteroatoms. The van der Waals surface area contributed by atoms with Gasteiger partial charge in [-0.15, -0.1) is 10.2 Å². The average Bonchev–Trinajstić information content (AvgIpc) is 3.38. The summed E-state index contributed by atoms with van der Waals surface area (Å²) in [7, 11) is 0. The van der Waals surface area contributed by atoms with E-state index in [4.69, 9.17) is 4.42 Å². The molecule has 0 unspecified atom stereocenters. The van der Waals surface area contributed by atoms with Crippen LogP contribution >= 0.6 is 0 Å². The number of nitrogens with zero attached hydrogens (tertiary/aromatic N) is 6. The normalized spacial score (nSPS) is 18.9. The van der Waals surface area contributed by atoms with Crippen molar-refractivity contribution in [2.75, 3.05) is 0 Å². The molecule has 158 valence electrons. The molecule has 1 aromatic carbocycles. The van der Waals surface area contributed by atoms with Gasteiger partial charge in [-0.25, -0.2) is 9.97 Å². The molecule has 1 aliphatic carbocycles. The van der Waals surface area contributed by atoms with Gasteiger partial charge < -0.3 is 9.73 Å². The molecule has 1 aliphatic rings. The first-order valence-corrected chi connectivity index (χ1v) is 10.5. The van der Waals surface area contributed by atoms with Crippen LogP contribution in [0.5, 0.6) is 0 Å². The summed E-state index contributed by atoms with van der Waals surface area (Å²) in [6.45, 7) is 3.75. The fraction of sp³-hybridized carbons (Fsp3) is 0.364. The standard InChI is InChI=1S/C22H23N7O2/c1-13-18-5-3-4-6-19(18)29(28-13)22-23-11-16(12-24-22)20(30)25-17-9-7-15(8-10-17)21-27-26-14(2)31-21/h3-6,11-12,15,17H,7-10H2,1-2H3,(H,25,30). The molecular weight excluding hydrogens is 394 g/mol. The fourth-order valence-electron chi connectivity index (χ4n) is 4.15. The summed E-state index contributed by atoms with van der Waals surface area (Å²) in [6.07, 6.45) is 6.67. The number of carbonyl (C=O) groups excluding carboxylic acids is 1. The molecule has 3 heterocycles. The SMILES string of the molecule is Cc1nnc(C2CCC(NC(=O)c3cnc(-n4nc(C)c5ccccc54)nc3)CC2)o1. The van der Waals surface area contributed by atoms with Crippen LogP contribution in [0.1, 0.15) is 59.4 Å². The van der Waals surface area contributed by atoms with Crippen LogP contribution in [0.2, 0.25) is 0 Å². The number of nitrogens with one attached hydrogen (secondary N) is 1. The molecule has 0 spiro atoms. The fourth-order valence-corrected chi connectivity index (χ4v) is 4.15. The summed E-state index contributed by atoms with van der Waals surface area (Å²) in [5.74, 6) is 1.84. The van der Waals surface area contributed by atoms with Gasteiger partial charge in [0.1, 0.15) is 0 Å². The van der Waals surface area contributed by atoms with Crippen molar-refractivity contribution in [3.8, 4) is 5.95 Å². The van der Waals surface area contributed by atoms with Gasteiger partial charge in [0.25, 0.3) is 11.9 Å². The Bertz CT molecular complexity index is 1220. The number of carbonyl (C=O) groups is 1. The van der Waals surface area contributed by atoms with E-state index in [-0.39, 0.29) is 17.9 Å². The first-order chi connectivity index (χ1) is 15.1. The summed E-state index contributed by atoms with van der Waals surface area (Å²) >= 11 is 0. The van der Waals surface area contributed by atoms with Crippen LogP contribution in [-0.4, -0.2) is 41.9 Å². The van der Waals surface area contributed by atoms with Gasteiger partial charge in [0, 0.05) is 36.7 Å². The van der Waals surface area contributed by atoms with E-state index in [1.54, 1.807) is 24.0 Å². The van der Waals surface area contributed by atoms with Gasteiger partial charge in [-0.05, 0) is 38.7 Å². The van der Waals surface area contributed by atoms with Crippen molar-refractivity contribution in [3.63, 3.8) is 0 Å². The van der Waals surface area contributed by atoms with Crippen LogP contribution in [0.3, 0.4) is 0 Å². The number of hydrogen-bond donors (Lipinski definition) is 1. The molecule has 0 aliphatic heterocycles. The Balaban J connectivity index is 1.24. The van der Waals surface area contributed by atoms with E-state index in [1.807, 2.05) is 31.2 Å². The number of amides is 1. The molecule has 1 amide bonds. The highest BCUT2D eigenvalue weighted by atomic mass is 16.4. The summed E-state index contributed by atoms with van der Waals surface area (Å²) in [4.78, 5) is 21.4. The minimum atomic E-state index is -0.162. The molecule has 0 radical (unpaired) electrons. The Labute approximate surface area is 178 Å². The van der Waals surface area contributed by atoms with Gasteiger partial charge in [0.2, 0.25) is 11.8 Å². The number of aromatic nitrogens is 6. The van der Waals surface area contributed by atoms with Crippen molar-refractivity contribution in [1.29, 1.82) is 0 Å². The zero-order chi connectivity index (χ0) is 21.4. The Kier molecular flexibility index (Phi) is 4.93. The molecule has 4 aromatic rings. The second kappa shape index (κ2) is 7.90. The second-order valence-corrected chi connectivity index (χ2v) is 7.97. The highest BCUT2D eigenvalue weighted by molar-refractivity contribution is 5.93. The largest absolute Gasteiger partial charge is 0.425 e. The molecule has 1 N–H and O–H groups in total. The van der Waals surface area contributed by atoms with Crippen molar-refractivity contribution in [3.05, 3.63) is 59.7 Å². The van der Waals surface area contributed by atoms with Crippen molar-refractivity contribution in [1.82, 2.24) is 35.3 Å². The number of rotatable bonds is 4. The summed E-state index contributed by atoms with van der Waals surface area (Å²) < 4.78 is 7.25. The molecule has 1 fully saturated rings. The number of fused-ring (bicyclic) bond motifs is 1. The van der Waals surface area contributed by atoms with E-state index in [0.717, 1.165) is 42.3 Å². The van der Waals surface area contributed by atoms with Crippen molar-refractivity contribution in [2.45, 2.75) is 51.5 Å². The van der Waals surface area contributed by atoms with Gasteiger partial charge >= 0.3 is 0 Å². The highest BCUT2D eigenvalue weighted by Crippen LogP contribution is 2.32. The van der Waals surface area contributed by atoms with Crippen molar-refractivity contribution < 1.29 is 9.21 Å². The van der Waals surface area contributed by atoms with Gasteiger partial charge in [-0.3, -0.25) is 4.79 Å². The van der Waals surface area contributed by atoms with E-state index < -0.39 is 0 Å². The van der Waals surface area contributed by atoms with E-state index in [0.29, 0.717) is 23.3 Å². The lowest BCUT2D eigenvalue weighted by molar-refractivity contribution is 0.0924. The van der Waals surface area contributed by atoms with E-state index in [2.05, 4.69) is 30.6 Å². The third kappa shape index (κ3) is 3.78. The summed E-state index contributed by atoms with van der Waals surface area (Å²) in [5.41, 5.74) is 2.28. The van der Waals surface area contributed by atoms with E-state index in [1.165, 1.54) is 0 Å². The first-order valence-electron chi connectivity index (χ1n) is 10.5. The quantitative estimate of drug-likeness (QED) is 0.542. The minimum Gasteiger partial charge on any atom is -0.425 e. The number of aryl methyl sites for hydroxylation is 2. The Hall–Kier alpha value is -3.62. The Morgan fingerprint density at radius 3 is 2.52 bits per heavy atom. The molecule has 0 atom stereocenters. The zero-order valence-electron chi connectivity index (χ0n) is 17.4. The van der Waals surface area contributed by atoms with Gasteiger partial charge in [0.05, 0.1) is 16.8 Å². The maximum atomic E-state index is 12.7. The number of hydrogen-bond acceptors (Lipinski definition) is 7. The van der Waals surface area contributed by atoms with Gasteiger partial charge in [-0.1, -0.05) is 18.2 Å². The molecule has 1 saturated carbocycles. The number of para-hydroxylation sites is 1. The topological polar surface area (TPSA) is 112 Å².